The number of anilines is 2. The largest absolute Gasteiger partial charge is 0.371 e. The van der Waals surface area contributed by atoms with Crippen molar-refractivity contribution >= 4 is 27.9 Å². The molecule has 2 aromatic heterocycles. The van der Waals surface area contributed by atoms with Crippen molar-refractivity contribution in [3.8, 4) is 0 Å². The minimum Gasteiger partial charge on any atom is -0.371 e. The van der Waals surface area contributed by atoms with Gasteiger partial charge in [-0.1, -0.05) is 18.2 Å². The Balaban J connectivity index is 1.51. The first-order chi connectivity index (χ1) is 15.8. The summed E-state index contributed by atoms with van der Waals surface area (Å²) < 4.78 is 69.0. The van der Waals surface area contributed by atoms with E-state index in [9.17, 15) is 22.0 Å². The van der Waals surface area contributed by atoms with Crippen LogP contribution >= 0.6 is 0 Å². The third-order valence-corrected chi connectivity index (χ3v) is 5.87. The highest BCUT2D eigenvalue weighted by Crippen LogP contribution is 2.34. The van der Waals surface area contributed by atoms with E-state index in [0.717, 1.165) is 11.8 Å². The third kappa shape index (κ3) is 4.03. The van der Waals surface area contributed by atoms with Crippen molar-refractivity contribution < 1.29 is 22.0 Å². The number of piperidine rings is 1. The molecule has 0 amide bonds. The van der Waals surface area contributed by atoms with Crippen LogP contribution in [0.4, 0.5) is 33.5 Å². The van der Waals surface area contributed by atoms with Crippen LogP contribution in [0.2, 0.25) is 0 Å². The van der Waals surface area contributed by atoms with Gasteiger partial charge >= 0.3 is 0 Å². The van der Waals surface area contributed by atoms with E-state index in [1.54, 1.807) is 0 Å². The van der Waals surface area contributed by atoms with Gasteiger partial charge in [0.05, 0.1) is 5.56 Å². The fourth-order valence-corrected chi connectivity index (χ4v) is 4.06. The average molecular weight is 462 g/mol. The number of rotatable bonds is 5. The second-order valence-electron chi connectivity index (χ2n) is 7.97. The van der Waals surface area contributed by atoms with E-state index in [-0.39, 0.29) is 38.0 Å². The minimum absolute atomic E-state index is 0.0656. The van der Waals surface area contributed by atoms with Crippen molar-refractivity contribution in [1.29, 1.82) is 0 Å². The summed E-state index contributed by atoms with van der Waals surface area (Å²) in [5.74, 6) is -3.29. The van der Waals surface area contributed by atoms with Crippen LogP contribution in [0.25, 0.3) is 16.4 Å². The number of nitrogens with one attached hydrogen (secondary N) is 1. The molecule has 0 saturated carbocycles. The molecule has 2 aromatic carbocycles. The van der Waals surface area contributed by atoms with Crippen molar-refractivity contribution in [1.82, 2.24) is 19.8 Å². The molecule has 0 aliphatic carbocycles. The molecule has 33 heavy (non-hydrogen) atoms. The summed E-state index contributed by atoms with van der Waals surface area (Å²) in [6, 6.07) is 9.30. The predicted octanol–water partition coefficient (Wildman–Crippen LogP) is 5.20. The number of nitrogens with zero attached hydrogens (tertiary/aromatic N) is 5. The van der Waals surface area contributed by atoms with E-state index in [1.165, 1.54) is 23.1 Å². The molecule has 1 fully saturated rings. The molecule has 172 valence electrons. The maximum Gasteiger partial charge on any atom is 0.266 e. The van der Waals surface area contributed by atoms with Gasteiger partial charge in [0, 0.05) is 54.5 Å². The van der Waals surface area contributed by atoms with E-state index >= 15 is 0 Å². The first-order valence-corrected chi connectivity index (χ1v) is 10.4. The smallest absolute Gasteiger partial charge is 0.266 e. The fraction of sp³-hybridized carbons (Fsp3) is 0.318. The maximum absolute atomic E-state index is 14.5. The Morgan fingerprint density at radius 2 is 1.85 bits per heavy atom. The van der Waals surface area contributed by atoms with Crippen LogP contribution < -0.4 is 10.2 Å². The molecule has 1 aliphatic rings. The molecule has 0 unspecified atom stereocenters. The van der Waals surface area contributed by atoms with Gasteiger partial charge in [-0.15, -0.1) is 14.8 Å². The number of halogens is 5. The standard InChI is InChI=1S/C22H19F5N6/c23-18-13(2-1-3-16(18)19(24)25)11-28-20-17-10-14(32-8-6-22(26,27)7-9-32)4-5-15(17)21-29-12-30-33(21)31-20/h1-5,10,12,19H,6-9,11H2,(H,28,31). The minimum atomic E-state index is -2.92. The van der Waals surface area contributed by atoms with Crippen molar-refractivity contribution in [3.05, 3.63) is 59.7 Å². The summed E-state index contributed by atoms with van der Waals surface area (Å²) in [7, 11) is 0. The van der Waals surface area contributed by atoms with E-state index in [4.69, 9.17) is 0 Å². The maximum atomic E-state index is 14.5. The Morgan fingerprint density at radius 3 is 2.61 bits per heavy atom. The first-order valence-electron chi connectivity index (χ1n) is 10.4. The highest BCUT2D eigenvalue weighted by Gasteiger charge is 2.34. The van der Waals surface area contributed by atoms with Gasteiger partial charge in [-0.3, -0.25) is 0 Å². The summed E-state index contributed by atoms with van der Waals surface area (Å²) in [5.41, 5.74) is 0.648. The summed E-state index contributed by atoms with van der Waals surface area (Å²) in [4.78, 5) is 6.09. The van der Waals surface area contributed by atoms with Crippen LogP contribution in [-0.2, 0) is 6.54 Å². The van der Waals surface area contributed by atoms with E-state index in [2.05, 4.69) is 20.5 Å². The molecule has 4 aromatic rings. The van der Waals surface area contributed by atoms with Crippen LogP contribution in [0.15, 0.2) is 42.7 Å². The topological polar surface area (TPSA) is 58.4 Å². The second-order valence-corrected chi connectivity index (χ2v) is 7.97. The predicted molar refractivity (Wildman–Crippen MR) is 113 cm³/mol. The Morgan fingerprint density at radius 1 is 1.06 bits per heavy atom. The molecule has 1 saturated heterocycles. The summed E-state index contributed by atoms with van der Waals surface area (Å²) in [5, 5.41) is 12.8. The van der Waals surface area contributed by atoms with Crippen LogP contribution in [0.3, 0.4) is 0 Å². The molecule has 5 rings (SSSR count). The van der Waals surface area contributed by atoms with Gasteiger partial charge in [0.25, 0.3) is 12.3 Å². The lowest BCUT2D eigenvalue weighted by molar-refractivity contribution is -0.0220. The number of benzene rings is 2. The number of aromatic nitrogens is 4. The molecule has 1 aliphatic heterocycles. The highest BCUT2D eigenvalue weighted by molar-refractivity contribution is 6.01. The second kappa shape index (κ2) is 8.13. The van der Waals surface area contributed by atoms with Gasteiger partial charge in [-0.2, -0.15) is 0 Å². The fourth-order valence-electron chi connectivity index (χ4n) is 4.06. The van der Waals surface area contributed by atoms with Crippen molar-refractivity contribution in [2.24, 2.45) is 0 Å². The van der Waals surface area contributed by atoms with Crippen LogP contribution in [-0.4, -0.2) is 38.8 Å². The molecular weight excluding hydrogens is 443 g/mol. The molecule has 0 radical (unpaired) electrons. The lowest BCUT2D eigenvalue weighted by Crippen LogP contribution is -2.39. The number of hydrogen-bond donors (Lipinski definition) is 1. The van der Waals surface area contributed by atoms with Crippen LogP contribution in [0.1, 0.15) is 30.4 Å². The van der Waals surface area contributed by atoms with Crippen LogP contribution in [0.5, 0.6) is 0 Å². The molecule has 0 bridgehead atoms. The Kier molecular flexibility index (Phi) is 5.26. The molecule has 11 heteroatoms. The zero-order chi connectivity index (χ0) is 23.2. The average Bonchev–Trinajstić information content (AvgIpc) is 3.26. The van der Waals surface area contributed by atoms with E-state index < -0.39 is 23.7 Å². The van der Waals surface area contributed by atoms with Gasteiger partial charge in [-0.05, 0) is 18.2 Å². The van der Waals surface area contributed by atoms with Gasteiger partial charge in [0.15, 0.2) is 11.5 Å². The zero-order valence-corrected chi connectivity index (χ0v) is 17.3. The van der Waals surface area contributed by atoms with Crippen LogP contribution in [0, 0.1) is 5.82 Å². The molecule has 0 atom stereocenters. The van der Waals surface area contributed by atoms with E-state index in [0.29, 0.717) is 22.2 Å². The first kappa shape index (κ1) is 21.4. The number of hydrogen-bond acceptors (Lipinski definition) is 5. The molecule has 6 nitrogen and oxygen atoms in total. The quantitative estimate of drug-likeness (QED) is 0.413. The van der Waals surface area contributed by atoms with Gasteiger partial charge < -0.3 is 10.2 Å². The zero-order valence-electron chi connectivity index (χ0n) is 17.3. The highest BCUT2D eigenvalue weighted by atomic mass is 19.3. The third-order valence-electron chi connectivity index (χ3n) is 5.87. The van der Waals surface area contributed by atoms with Crippen molar-refractivity contribution in [2.45, 2.75) is 31.7 Å². The molecule has 0 spiro atoms. The lowest BCUT2D eigenvalue weighted by Gasteiger charge is -2.33. The van der Waals surface area contributed by atoms with Gasteiger partial charge in [0.2, 0.25) is 0 Å². The van der Waals surface area contributed by atoms with Gasteiger partial charge in [0.1, 0.15) is 12.1 Å². The number of alkyl halides is 4. The van der Waals surface area contributed by atoms with Gasteiger partial charge in [-0.25, -0.2) is 26.9 Å². The Bertz CT molecular complexity index is 1310. The van der Waals surface area contributed by atoms with Crippen molar-refractivity contribution in [2.75, 3.05) is 23.3 Å². The number of fused-ring (bicyclic) bond motifs is 3. The Labute approximate surface area is 185 Å². The summed E-state index contributed by atoms with van der Waals surface area (Å²) in [6.07, 6.45) is -2.03. The molecule has 3 heterocycles. The molecular formula is C22H19F5N6. The molecule has 1 N–H and O–H groups in total. The SMILES string of the molecule is Fc1c(CNc2nn3ncnc3c3ccc(N4CCC(F)(F)CC4)cc23)cccc1C(F)F. The lowest BCUT2D eigenvalue weighted by atomic mass is 10.0. The summed E-state index contributed by atoms with van der Waals surface area (Å²) in [6.45, 7) is 0.343. The van der Waals surface area contributed by atoms with Crippen molar-refractivity contribution in [3.63, 3.8) is 0 Å². The van der Waals surface area contributed by atoms with E-state index in [1.807, 2.05) is 23.1 Å². The summed E-state index contributed by atoms with van der Waals surface area (Å²) >= 11 is 0. The normalized spacial score (nSPS) is 16.1. The Hall–Kier alpha value is -3.50. The monoisotopic (exact) mass is 462 g/mol.